The summed E-state index contributed by atoms with van der Waals surface area (Å²) in [5.41, 5.74) is 1.06. The van der Waals surface area contributed by atoms with E-state index in [9.17, 15) is 19.1 Å². The van der Waals surface area contributed by atoms with Gasteiger partial charge in [0.15, 0.2) is 0 Å². The number of nitrogens with zero attached hydrogens (tertiary/aromatic N) is 2. The average molecular weight is 410 g/mol. The minimum absolute atomic E-state index is 0.0276. The van der Waals surface area contributed by atoms with Gasteiger partial charge in [-0.3, -0.25) is 14.5 Å². The van der Waals surface area contributed by atoms with Crippen LogP contribution in [0.1, 0.15) is 17.2 Å². The highest BCUT2D eigenvalue weighted by Gasteiger charge is 2.45. The molecule has 2 aliphatic heterocycles. The maximum Gasteiger partial charge on any atom is 0.295 e. The van der Waals surface area contributed by atoms with Crippen molar-refractivity contribution in [2.45, 2.75) is 6.04 Å². The van der Waals surface area contributed by atoms with Crippen LogP contribution in [0.5, 0.6) is 0 Å². The number of carbonyl (C=O) groups excluding carboxylic acids is 2. The highest BCUT2D eigenvalue weighted by Crippen LogP contribution is 2.39. The third-order valence-corrected chi connectivity index (χ3v) is 5.53. The maximum atomic E-state index is 13.3. The molecule has 0 saturated carbocycles. The van der Waals surface area contributed by atoms with Gasteiger partial charge < -0.3 is 14.7 Å². The van der Waals surface area contributed by atoms with E-state index in [1.54, 1.807) is 0 Å². The maximum absolute atomic E-state index is 13.3. The number of likely N-dealkylation sites (tertiary alicyclic amines) is 1. The van der Waals surface area contributed by atoms with Crippen LogP contribution in [0, 0.1) is 5.82 Å². The number of hydrogen-bond donors (Lipinski definition) is 1. The van der Waals surface area contributed by atoms with Crippen molar-refractivity contribution in [2.24, 2.45) is 0 Å². The Morgan fingerprint density at radius 3 is 2.33 bits per heavy atom. The topological polar surface area (TPSA) is 70.1 Å². The molecule has 156 valence electrons. The van der Waals surface area contributed by atoms with Gasteiger partial charge >= 0.3 is 0 Å². The van der Waals surface area contributed by atoms with E-state index < -0.39 is 23.5 Å². The monoisotopic (exact) mass is 410 g/mol. The van der Waals surface area contributed by atoms with Gasteiger partial charge in [0.25, 0.3) is 11.7 Å². The predicted octanol–water partition coefficient (Wildman–Crippen LogP) is 2.58. The van der Waals surface area contributed by atoms with Gasteiger partial charge in [-0.1, -0.05) is 30.3 Å². The Balaban J connectivity index is 1.71. The summed E-state index contributed by atoms with van der Waals surface area (Å²) in [5, 5.41) is 10.9. The third kappa shape index (κ3) is 3.99. The largest absolute Gasteiger partial charge is 0.507 e. The van der Waals surface area contributed by atoms with Gasteiger partial charge in [-0.15, -0.1) is 0 Å². The van der Waals surface area contributed by atoms with Crippen molar-refractivity contribution in [2.75, 3.05) is 39.4 Å². The molecule has 2 saturated heterocycles. The molecule has 4 rings (SSSR count). The zero-order valence-corrected chi connectivity index (χ0v) is 16.5. The fraction of sp³-hybridized carbons (Fsp3) is 0.304. The molecule has 6 nitrogen and oxygen atoms in total. The van der Waals surface area contributed by atoms with Crippen LogP contribution >= 0.6 is 0 Å². The normalized spacial score (nSPS) is 21.9. The van der Waals surface area contributed by atoms with Gasteiger partial charge in [0.05, 0.1) is 24.8 Å². The smallest absolute Gasteiger partial charge is 0.295 e. The van der Waals surface area contributed by atoms with Crippen LogP contribution in [0.3, 0.4) is 0 Å². The number of aliphatic hydroxyl groups excluding tert-OH is 1. The number of benzene rings is 2. The van der Waals surface area contributed by atoms with E-state index in [1.807, 2.05) is 30.3 Å². The molecular formula is C23H23FN2O4. The van der Waals surface area contributed by atoms with Crippen molar-refractivity contribution < 1.29 is 23.8 Å². The van der Waals surface area contributed by atoms with Crippen LogP contribution in [0.25, 0.3) is 5.76 Å². The number of amides is 1. The van der Waals surface area contributed by atoms with Gasteiger partial charge in [-0.2, -0.15) is 0 Å². The van der Waals surface area contributed by atoms with E-state index in [4.69, 9.17) is 4.74 Å². The van der Waals surface area contributed by atoms with Crippen LogP contribution in [-0.2, 0) is 14.3 Å². The summed E-state index contributed by atoms with van der Waals surface area (Å²) in [6.45, 7) is 3.79. The highest BCUT2D eigenvalue weighted by atomic mass is 19.1. The number of ether oxygens (including phenoxy) is 1. The molecule has 2 heterocycles. The number of carbonyl (C=O) groups is 2. The zero-order chi connectivity index (χ0) is 21.1. The number of halogens is 1. The lowest BCUT2D eigenvalue weighted by atomic mass is 9.95. The summed E-state index contributed by atoms with van der Waals surface area (Å²) >= 11 is 0. The van der Waals surface area contributed by atoms with Gasteiger partial charge in [-0.05, 0) is 29.8 Å². The van der Waals surface area contributed by atoms with Crippen molar-refractivity contribution in [3.05, 3.63) is 77.1 Å². The summed E-state index contributed by atoms with van der Waals surface area (Å²) < 4.78 is 18.7. The Kier molecular flexibility index (Phi) is 5.92. The molecule has 2 aliphatic rings. The fourth-order valence-corrected chi connectivity index (χ4v) is 3.93. The average Bonchev–Trinajstić information content (AvgIpc) is 3.04. The lowest BCUT2D eigenvalue weighted by Gasteiger charge is -2.31. The van der Waals surface area contributed by atoms with Gasteiger partial charge in [-0.25, -0.2) is 4.39 Å². The zero-order valence-electron chi connectivity index (χ0n) is 16.5. The second-order valence-electron chi connectivity index (χ2n) is 7.36. The van der Waals surface area contributed by atoms with Crippen molar-refractivity contribution in [3.8, 4) is 0 Å². The number of morpholine rings is 1. The molecule has 0 aliphatic carbocycles. The molecule has 7 heteroatoms. The van der Waals surface area contributed by atoms with Crippen molar-refractivity contribution in [1.29, 1.82) is 0 Å². The molecule has 1 unspecified atom stereocenters. The van der Waals surface area contributed by atoms with E-state index in [2.05, 4.69) is 4.90 Å². The lowest BCUT2D eigenvalue weighted by molar-refractivity contribution is -0.140. The first-order valence-electron chi connectivity index (χ1n) is 9.95. The summed E-state index contributed by atoms with van der Waals surface area (Å²) in [4.78, 5) is 29.5. The number of Topliss-reactive ketones (excluding diaryl/α,β-unsaturated/α-hetero) is 1. The Labute approximate surface area is 174 Å². The summed E-state index contributed by atoms with van der Waals surface area (Å²) in [6.07, 6.45) is 0. The van der Waals surface area contributed by atoms with E-state index in [0.29, 0.717) is 31.9 Å². The van der Waals surface area contributed by atoms with Crippen molar-refractivity contribution in [1.82, 2.24) is 9.80 Å². The predicted molar refractivity (Wildman–Crippen MR) is 109 cm³/mol. The first-order valence-corrected chi connectivity index (χ1v) is 9.95. The number of ketones is 1. The number of rotatable bonds is 5. The molecule has 2 aromatic carbocycles. The Hall–Kier alpha value is -3.03. The molecule has 0 radical (unpaired) electrons. The van der Waals surface area contributed by atoms with Crippen LogP contribution in [0.15, 0.2) is 60.2 Å². The minimum atomic E-state index is -0.729. The van der Waals surface area contributed by atoms with E-state index in [0.717, 1.165) is 18.7 Å². The molecule has 0 aromatic heterocycles. The second-order valence-corrected chi connectivity index (χ2v) is 7.36. The molecule has 2 aromatic rings. The van der Waals surface area contributed by atoms with Crippen LogP contribution < -0.4 is 0 Å². The van der Waals surface area contributed by atoms with Gasteiger partial charge in [0.1, 0.15) is 11.6 Å². The Bertz CT molecular complexity index is 953. The van der Waals surface area contributed by atoms with E-state index in [1.165, 1.54) is 29.2 Å². The summed E-state index contributed by atoms with van der Waals surface area (Å²) in [6, 6.07) is 13.7. The standard InChI is InChI=1S/C23H23FN2O4/c24-18-8-6-17(7-9-18)21(27)19-20(16-4-2-1-3-5-16)26(23(29)22(19)28)11-10-25-12-14-30-15-13-25/h1-9,20,27H,10-15H2. The van der Waals surface area contributed by atoms with E-state index in [-0.39, 0.29) is 11.3 Å². The van der Waals surface area contributed by atoms with Crippen LogP contribution in [0.4, 0.5) is 4.39 Å². The lowest BCUT2D eigenvalue weighted by Crippen LogP contribution is -2.42. The molecular weight excluding hydrogens is 387 g/mol. The second kappa shape index (κ2) is 8.77. The van der Waals surface area contributed by atoms with E-state index >= 15 is 0 Å². The molecule has 0 spiro atoms. The van der Waals surface area contributed by atoms with Crippen molar-refractivity contribution >= 4 is 17.4 Å². The van der Waals surface area contributed by atoms with Gasteiger partial charge in [0, 0.05) is 31.7 Å². The third-order valence-electron chi connectivity index (χ3n) is 5.53. The van der Waals surface area contributed by atoms with Crippen LogP contribution in [-0.4, -0.2) is 66.0 Å². The van der Waals surface area contributed by atoms with Crippen LogP contribution in [0.2, 0.25) is 0 Å². The fourth-order valence-electron chi connectivity index (χ4n) is 3.93. The molecule has 0 bridgehead atoms. The number of aliphatic hydroxyl groups is 1. The Morgan fingerprint density at radius 2 is 1.67 bits per heavy atom. The minimum Gasteiger partial charge on any atom is -0.507 e. The highest BCUT2D eigenvalue weighted by molar-refractivity contribution is 6.46. The summed E-state index contributed by atoms with van der Waals surface area (Å²) in [5.74, 6) is -2.11. The Morgan fingerprint density at radius 1 is 1.00 bits per heavy atom. The SMILES string of the molecule is O=C1C(=O)N(CCN2CCOCC2)C(c2ccccc2)C1=C(O)c1ccc(F)cc1. The quantitative estimate of drug-likeness (QED) is 0.466. The molecule has 30 heavy (non-hydrogen) atoms. The number of hydrogen-bond acceptors (Lipinski definition) is 5. The molecule has 1 atom stereocenters. The van der Waals surface area contributed by atoms with Gasteiger partial charge in [0.2, 0.25) is 0 Å². The molecule has 1 N–H and O–H groups in total. The van der Waals surface area contributed by atoms with Crippen molar-refractivity contribution in [3.63, 3.8) is 0 Å². The first-order chi connectivity index (χ1) is 14.6. The molecule has 2 fully saturated rings. The first kappa shape index (κ1) is 20.3. The molecule has 1 amide bonds. The summed E-state index contributed by atoms with van der Waals surface area (Å²) in [7, 11) is 0.